The van der Waals surface area contributed by atoms with Gasteiger partial charge in [-0.2, -0.15) is 4.31 Å². The molecule has 0 N–H and O–H groups in total. The Morgan fingerprint density at radius 2 is 1.68 bits per heavy atom. The summed E-state index contributed by atoms with van der Waals surface area (Å²) in [6.07, 6.45) is 2.87. The van der Waals surface area contributed by atoms with Crippen molar-refractivity contribution >= 4 is 27.5 Å². The zero-order chi connectivity index (χ0) is 20.1. The Hall–Kier alpha value is -1.96. The van der Waals surface area contributed by atoms with Crippen LogP contribution in [0.2, 0.25) is 5.02 Å². The number of likely N-dealkylation sites (tertiary alicyclic amines) is 1. The first-order valence-electron chi connectivity index (χ1n) is 9.15. The molecule has 1 heterocycles. The van der Waals surface area contributed by atoms with Crippen molar-refractivity contribution in [2.45, 2.75) is 30.7 Å². The molecule has 1 aliphatic rings. The highest BCUT2D eigenvalue weighted by Gasteiger charge is 2.29. The number of rotatable bonds is 6. The predicted molar refractivity (Wildman–Crippen MR) is 106 cm³/mol. The molecular formula is C20H22ClFN2O3S. The smallest absolute Gasteiger partial charge is 0.243 e. The molecule has 0 bridgehead atoms. The van der Waals surface area contributed by atoms with Crippen molar-refractivity contribution in [3.63, 3.8) is 0 Å². The minimum absolute atomic E-state index is 0.0136. The molecular weight excluding hydrogens is 403 g/mol. The molecule has 0 aromatic heterocycles. The molecule has 0 aliphatic carbocycles. The van der Waals surface area contributed by atoms with Crippen molar-refractivity contribution in [3.05, 3.63) is 64.9 Å². The molecule has 1 aliphatic heterocycles. The quantitative estimate of drug-likeness (QED) is 0.710. The third kappa shape index (κ3) is 4.90. The monoisotopic (exact) mass is 424 g/mol. The average molecular weight is 425 g/mol. The Labute approximate surface area is 169 Å². The first-order chi connectivity index (χ1) is 13.4. The summed E-state index contributed by atoms with van der Waals surface area (Å²) in [5.74, 6) is -0.780. The first kappa shape index (κ1) is 20.8. The lowest BCUT2D eigenvalue weighted by atomic mass is 10.1. The van der Waals surface area contributed by atoms with E-state index in [1.807, 2.05) is 0 Å². The fourth-order valence-electron chi connectivity index (χ4n) is 3.19. The summed E-state index contributed by atoms with van der Waals surface area (Å²) in [7, 11) is -4.01. The molecule has 1 saturated heterocycles. The molecule has 0 unspecified atom stereocenters. The van der Waals surface area contributed by atoms with Gasteiger partial charge in [0.15, 0.2) is 0 Å². The fraction of sp³-hybridized carbons (Fsp3) is 0.350. The highest BCUT2D eigenvalue weighted by molar-refractivity contribution is 7.89. The second-order valence-corrected chi connectivity index (χ2v) is 9.13. The second-order valence-electron chi connectivity index (χ2n) is 6.76. The number of amides is 1. The number of carbonyl (C=O) groups is 1. The second kappa shape index (κ2) is 9.03. The van der Waals surface area contributed by atoms with E-state index in [0.29, 0.717) is 18.1 Å². The number of halogens is 2. The van der Waals surface area contributed by atoms with Gasteiger partial charge in [0.1, 0.15) is 5.82 Å². The topological polar surface area (TPSA) is 57.7 Å². The van der Waals surface area contributed by atoms with Crippen LogP contribution in [-0.2, 0) is 21.4 Å². The van der Waals surface area contributed by atoms with Crippen LogP contribution in [0.1, 0.15) is 24.8 Å². The fourth-order valence-corrected chi connectivity index (χ4v) is 4.69. The standard InChI is InChI=1S/C20H22ClFN2O3S/c21-17-8-10-18(11-9-17)28(26,27)24(14-16-6-2-3-7-19(16)22)15-20(25)23-12-4-1-5-13-23/h2-3,6-11H,1,4-5,12-15H2. The van der Waals surface area contributed by atoms with Gasteiger partial charge in [-0.3, -0.25) is 4.79 Å². The van der Waals surface area contributed by atoms with Gasteiger partial charge in [0.05, 0.1) is 11.4 Å². The Morgan fingerprint density at radius 3 is 2.32 bits per heavy atom. The first-order valence-corrected chi connectivity index (χ1v) is 11.0. The van der Waals surface area contributed by atoms with Gasteiger partial charge in [-0.25, -0.2) is 12.8 Å². The summed E-state index contributed by atoms with van der Waals surface area (Å²) in [4.78, 5) is 14.4. The van der Waals surface area contributed by atoms with E-state index < -0.39 is 15.8 Å². The lowest BCUT2D eigenvalue weighted by Gasteiger charge is -2.29. The van der Waals surface area contributed by atoms with Crippen molar-refractivity contribution in [2.75, 3.05) is 19.6 Å². The van der Waals surface area contributed by atoms with Crippen molar-refractivity contribution in [1.29, 1.82) is 0 Å². The molecule has 8 heteroatoms. The number of nitrogens with zero attached hydrogens (tertiary/aromatic N) is 2. The maximum absolute atomic E-state index is 14.2. The molecule has 1 amide bonds. The third-order valence-corrected chi connectivity index (χ3v) is 6.83. The SMILES string of the molecule is O=C(CN(Cc1ccccc1F)S(=O)(=O)c1ccc(Cl)cc1)N1CCCCC1. The Kier molecular flexibility index (Phi) is 6.69. The van der Waals surface area contributed by atoms with Crippen LogP contribution in [-0.4, -0.2) is 43.2 Å². The van der Waals surface area contributed by atoms with Crippen LogP contribution in [0, 0.1) is 5.82 Å². The lowest BCUT2D eigenvalue weighted by Crippen LogP contribution is -2.44. The molecule has 28 heavy (non-hydrogen) atoms. The molecule has 3 rings (SSSR count). The van der Waals surface area contributed by atoms with E-state index in [4.69, 9.17) is 11.6 Å². The van der Waals surface area contributed by atoms with Gasteiger partial charge in [-0.05, 0) is 49.6 Å². The van der Waals surface area contributed by atoms with Gasteiger partial charge in [-0.1, -0.05) is 29.8 Å². The summed E-state index contributed by atoms with van der Waals surface area (Å²) >= 11 is 5.86. The molecule has 1 fully saturated rings. The molecule has 5 nitrogen and oxygen atoms in total. The van der Waals surface area contributed by atoms with Crippen molar-refractivity contribution < 1.29 is 17.6 Å². The van der Waals surface area contributed by atoms with Gasteiger partial charge in [0.2, 0.25) is 15.9 Å². The molecule has 150 valence electrons. The van der Waals surface area contributed by atoms with Crippen LogP contribution in [0.15, 0.2) is 53.4 Å². The van der Waals surface area contributed by atoms with E-state index in [-0.39, 0.29) is 29.5 Å². The van der Waals surface area contributed by atoms with Crippen LogP contribution >= 0.6 is 11.6 Å². The lowest BCUT2D eigenvalue weighted by molar-refractivity contribution is -0.132. The molecule has 0 radical (unpaired) electrons. The zero-order valence-corrected chi connectivity index (χ0v) is 16.9. The van der Waals surface area contributed by atoms with Crippen molar-refractivity contribution in [2.24, 2.45) is 0 Å². The van der Waals surface area contributed by atoms with Crippen molar-refractivity contribution in [1.82, 2.24) is 9.21 Å². The third-order valence-electron chi connectivity index (χ3n) is 4.78. The van der Waals surface area contributed by atoms with Crippen LogP contribution in [0.25, 0.3) is 0 Å². The van der Waals surface area contributed by atoms with Gasteiger partial charge in [0.25, 0.3) is 0 Å². The number of hydrogen-bond acceptors (Lipinski definition) is 3. The van der Waals surface area contributed by atoms with Crippen LogP contribution in [0.4, 0.5) is 4.39 Å². The van der Waals surface area contributed by atoms with E-state index in [1.165, 1.54) is 42.5 Å². The summed E-state index contributed by atoms with van der Waals surface area (Å²) in [5.41, 5.74) is 0.214. The summed E-state index contributed by atoms with van der Waals surface area (Å²) in [6.45, 7) is 0.678. The van der Waals surface area contributed by atoms with E-state index >= 15 is 0 Å². The van der Waals surface area contributed by atoms with Crippen molar-refractivity contribution in [3.8, 4) is 0 Å². The Bertz CT molecular complexity index is 929. The highest BCUT2D eigenvalue weighted by atomic mass is 35.5. The molecule has 0 saturated carbocycles. The van der Waals surface area contributed by atoms with E-state index in [2.05, 4.69) is 0 Å². The molecule has 0 spiro atoms. The summed E-state index contributed by atoms with van der Waals surface area (Å²) < 4.78 is 41.5. The maximum Gasteiger partial charge on any atom is 0.243 e. The number of carbonyl (C=O) groups excluding carboxylic acids is 1. The number of benzene rings is 2. The normalized spacial score (nSPS) is 15.0. The highest BCUT2D eigenvalue weighted by Crippen LogP contribution is 2.22. The van der Waals surface area contributed by atoms with Crippen LogP contribution in [0.3, 0.4) is 0 Å². The Morgan fingerprint density at radius 1 is 1.04 bits per heavy atom. The van der Waals surface area contributed by atoms with Crippen LogP contribution in [0.5, 0.6) is 0 Å². The number of sulfonamides is 1. The predicted octanol–water partition coefficient (Wildman–Crippen LogP) is 3.68. The largest absolute Gasteiger partial charge is 0.342 e. The average Bonchev–Trinajstić information content (AvgIpc) is 2.70. The van der Waals surface area contributed by atoms with E-state index in [9.17, 15) is 17.6 Å². The number of piperidine rings is 1. The van der Waals surface area contributed by atoms with Crippen LogP contribution < -0.4 is 0 Å². The molecule has 2 aromatic carbocycles. The molecule has 0 atom stereocenters. The maximum atomic E-state index is 14.2. The van der Waals surface area contributed by atoms with Gasteiger partial charge in [-0.15, -0.1) is 0 Å². The minimum Gasteiger partial charge on any atom is -0.342 e. The minimum atomic E-state index is -4.01. The van der Waals surface area contributed by atoms with Gasteiger partial charge >= 0.3 is 0 Å². The van der Waals surface area contributed by atoms with E-state index in [1.54, 1.807) is 11.0 Å². The summed E-state index contributed by atoms with van der Waals surface area (Å²) in [5, 5.41) is 0.406. The zero-order valence-electron chi connectivity index (χ0n) is 15.4. The van der Waals surface area contributed by atoms with Gasteiger partial charge < -0.3 is 4.90 Å². The summed E-state index contributed by atoms with van der Waals surface area (Å²) in [6, 6.07) is 11.7. The Balaban J connectivity index is 1.90. The van der Waals surface area contributed by atoms with Gasteiger partial charge in [0, 0.05) is 30.2 Å². The number of hydrogen-bond donors (Lipinski definition) is 0. The van der Waals surface area contributed by atoms with E-state index in [0.717, 1.165) is 23.6 Å². The molecule has 2 aromatic rings.